The number of hydrogen-bond donors (Lipinski definition) is 1. The van der Waals surface area contributed by atoms with Crippen LogP contribution in [0.5, 0.6) is 0 Å². The van der Waals surface area contributed by atoms with E-state index in [1.807, 2.05) is 60.7 Å². The smallest absolute Gasteiger partial charge is 0.249 e. The lowest BCUT2D eigenvalue weighted by Crippen LogP contribution is -2.13. The van der Waals surface area contributed by atoms with Crippen molar-refractivity contribution in [3.05, 3.63) is 93.2 Å². The summed E-state index contributed by atoms with van der Waals surface area (Å²) in [7, 11) is -4.02. The molecule has 4 aromatic rings. The maximum Gasteiger partial charge on any atom is 0.249 e. The molecule has 0 atom stereocenters. The van der Waals surface area contributed by atoms with Crippen LogP contribution in [0.25, 0.3) is 23.6 Å². The third-order valence-corrected chi connectivity index (χ3v) is 7.58. The van der Waals surface area contributed by atoms with Gasteiger partial charge < -0.3 is 4.42 Å². The van der Waals surface area contributed by atoms with E-state index in [-0.39, 0.29) is 21.7 Å². The number of primary sulfonamides is 1. The maximum atomic E-state index is 12.3. The minimum absolute atomic E-state index is 0.0482. The van der Waals surface area contributed by atoms with Crippen LogP contribution in [0.15, 0.2) is 85.4 Å². The molecule has 6 nitrogen and oxygen atoms in total. The summed E-state index contributed by atoms with van der Waals surface area (Å²) >= 11 is 11.2. The van der Waals surface area contributed by atoms with E-state index in [0.29, 0.717) is 16.2 Å². The van der Waals surface area contributed by atoms with Gasteiger partial charge in [0.05, 0.1) is 15.5 Å². The van der Waals surface area contributed by atoms with E-state index in [2.05, 4.69) is 26.1 Å². The van der Waals surface area contributed by atoms with E-state index < -0.39 is 10.0 Å². The Morgan fingerprint density at radius 1 is 1.03 bits per heavy atom. The highest BCUT2D eigenvalue weighted by atomic mass is 79.9. The molecule has 0 radical (unpaired) electrons. The molecule has 0 saturated heterocycles. The molecule has 168 valence electrons. The highest BCUT2D eigenvalue weighted by molar-refractivity contribution is 9.10. The molecule has 2 N–H and O–H groups in total. The first-order valence-electron chi connectivity index (χ1n) is 9.60. The van der Waals surface area contributed by atoms with E-state index in [0.717, 1.165) is 15.6 Å². The number of rotatable bonds is 7. The van der Waals surface area contributed by atoms with Gasteiger partial charge in [-0.25, -0.2) is 13.6 Å². The number of halogens is 2. The van der Waals surface area contributed by atoms with Crippen molar-refractivity contribution in [2.24, 2.45) is 5.14 Å². The number of aromatic nitrogens is 2. The molecule has 0 aliphatic carbocycles. The average Bonchev–Trinajstić information content (AvgIpc) is 3.26. The van der Waals surface area contributed by atoms with Gasteiger partial charge in [0.1, 0.15) is 0 Å². The number of benzene rings is 3. The second-order valence-electron chi connectivity index (χ2n) is 6.93. The fourth-order valence-electron chi connectivity index (χ4n) is 2.92. The lowest BCUT2D eigenvalue weighted by molar-refractivity contribution is 0.557. The van der Waals surface area contributed by atoms with Crippen molar-refractivity contribution in [1.29, 1.82) is 0 Å². The Morgan fingerprint density at radius 2 is 1.76 bits per heavy atom. The van der Waals surface area contributed by atoms with Gasteiger partial charge in [0.15, 0.2) is 0 Å². The minimum atomic E-state index is -4.02. The Kier molecular flexibility index (Phi) is 7.35. The molecular weight excluding hydrogens is 546 g/mol. The van der Waals surface area contributed by atoms with Crippen molar-refractivity contribution in [1.82, 2.24) is 10.2 Å². The van der Waals surface area contributed by atoms with Crippen LogP contribution in [0.1, 0.15) is 17.0 Å². The number of hydrogen-bond acceptors (Lipinski definition) is 6. The van der Waals surface area contributed by atoms with Crippen molar-refractivity contribution >= 4 is 61.5 Å². The van der Waals surface area contributed by atoms with Crippen molar-refractivity contribution in [2.75, 3.05) is 0 Å². The van der Waals surface area contributed by atoms with Crippen LogP contribution in [0, 0.1) is 0 Å². The topological polar surface area (TPSA) is 99.1 Å². The maximum absolute atomic E-state index is 12.3. The van der Waals surface area contributed by atoms with Crippen LogP contribution in [0.2, 0.25) is 5.02 Å². The first-order chi connectivity index (χ1) is 15.8. The predicted molar refractivity (Wildman–Crippen MR) is 135 cm³/mol. The van der Waals surface area contributed by atoms with Gasteiger partial charge in [0.25, 0.3) is 0 Å². The largest absolute Gasteiger partial charge is 0.417 e. The summed E-state index contributed by atoms with van der Waals surface area (Å²) in [6.45, 7) is 0. The van der Waals surface area contributed by atoms with E-state index in [1.54, 1.807) is 12.1 Å². The zero-order valence-electron chi connectivity index (χ0n) is 17.0. The molecule has 0 saturated carbocycles. The van der Waals surface area contributed by atoms with Crippen LogP contribution < -0.4 is 5.14 Å². The molecule has 10 heteroatoms. The van der Waals surface area contributed by atoms with E-state index in [1.165, 1.54) is 17.8 Å². The van der Waals surface area contributed by atoms with Crippen LogP contribution in [0.3, 0.4) is 0 Å². The minimum Gasteiger partial charge on any atom is -0.417 e. The van der Waals surface area contributed by atoms with Crippen molar-refractivity contribution in [2.45, 2.75) is 15.5 Å². The Balaban J connectivity index is 1.62. The summed E-state index contributed by atoms with van der Waals surface area (Å²) in [5.74, 6) is 0.911. The van der Waals surface area contributed by atoms with Gasteiger partial charge in [-0.1, -0.05) is 70.0 Å². The second-order valence-corrected chi connectivity index (χ2v) is 10.8. The number of nitrogens with two attached hydrogens (primary N) is 1. The Morgan fingerprint density at radius 3 is 2.45 bits per heavy atom. The average molecular weight is 563 g/mol. The molecule has 1 aromatic heterocycles. The highest BCUT2D eigenvalue weighted by Crippen LogP contribution is 2.37. The third-order valence-electron chi connectivity index (χ3n) is 4.54. The van der Waals surface area contributed by atoms with E-state index in [9.17, 15) is 8.42 Å². The normalized spacial score (nSPS) is 11.8. The van der Waals surface area contributed by atoms with Gasteiger partial charge in [-0.2, -0.15) is 0 Å². The van der Waals surface area contributed by atoms with Gasteiger partial charge in [-0.3, -0.25) is 0 Å². The quantitative estimate of drug-likeness (QED) is 0.267. The highest BCUT2D eigenvalue weighted by Gasteiger charge is 2.21. The van der Waals surface area contributed by atoms with Gasteiger partial charge in [0, 0.05) is 21.2 Å². The van der Waals surface area contributed by atoms with E-state index >= 15 is 0 Å². The van der Waals surface area contributed by atoms with Crippen LogP contribution >= 0.6 is 39.3 Å². The molecule has 0 aliphatic heterocycles. The fourth-order valence-corrected chi connectivity index (χ4v) is 5.56. The molecule has 33 heavy (non-hydrogen) atoms. The summed E-state index contributed by atoms with van der Waals surface area (Å²) in [5.41, 5.74) is 2.29. The van der Waals surface area contributed by atoms with E-state index in [4.69, 9.17) is 21.2 Å². The number of sulfonamides is 1. The number of thioether (sulfide) groups is 1. The number of nitrogens with zero attached hydrogens (tertiary/aromatic N) is 2. The standard InChI is InChI=1S/C23H17BrClN3O3S2/c24-17-9-6-15(7-10-17)8-11-22-27-28-23(31-22)18-12-21(33(26,29)30)20(13-19(18)25)32-14-16-4-2-1-3-5-16/h1-13H,14H2,(H2,26,29,30)/b11-8+. The van der Waals surface area contributed by atoms with Gasteiger partial charge in [0.2, 0.25) is 21.8 Å². The predicted octanol–water partition coefficient (Wildman–Crippen LogP) is 6.26. The summed E-state index contributed by atoms with van der Waals surface area (Å²) in [6, 6.07) is 20.3. The molecule has 3 aromatic carbocycles. The molecule has 0 amide bonds. The zero-order chi connectivity index (χ0) is 23.4. The molecule has 0 spiro atoms. The Bertz CT molecular complexity index is 1410. The Labute approximate surface area is 209 Å². The molecule has 0 fully saturated rings. The molecule has 4 rings (SSSR count). The van der Waals surface area contributed by atoms with Crippen LogP contribution in [-0.4, -0.2) is 18.6 Å². The third kappa shape index (κ3) is 6.13. The SMILES string of the molecule is NS(=O)(=O)c1cc(-c2nnc(/C=C/c3ccc(Br)cc3)o2)c(Cl)cc1SCc1ccccc1. The summed E-state index contributed by atoms with van der Waals surface area (Å²) in [6.07, 6.45) is 3.49. The monoisotopic (exact) mass is 561 g/mol. The van der Waals surface area contributed by atoms with Crippen molar-refractivity contribution < 1.29 is 12.8 Å². The molecule has 0 bridgehead atoms. The second kappa shape index (κ2) is 10.2. The zero-order valence-corrected chi connectivity index (χ0v) is 21.0. The van der Waals surface area contributed by atoms with Gasteiger partial charge in [-0.15, -0.1) is 22.0 Å². The summed E-state index contributed by atoms with van der Waals surface area (Å²) in [4.78, 5) is 0.401. The molecule has 0 unspecified atom stereocenters. The van der Waals surface area contributed by atoms with Gasteiger partial charge >= 0.3 is 0 Å². The first kappa shape index (κ1) is 23.7. The Hall–Kier alpha value is -2.43. The van der Waals surface area contributed by atoms with Crippen LogP contribution in [0.4, 0.5) is 0 Å². The lowest BCUT2D eigenvalue weighted by Gasteiger charge is -2.10. The molecular formula is C23H17BrClN3O3S2. The lowest BCUT2D eigenvalue weighted by atomic mass is 10.2. The van der Waals surface area contributed by atoms with Gasteiger partial charge in [-0.05, 0) is 41.5 Å². The summed E-state index contributed by atoms with van der Waals surface area (Å²) < 4.78 is 31.2. The van der Waals surface area contributed by atoms with Crippen LogP contribution in [-0.2, 0) is 15.8 Å². The van der Waals surface area contributed by atoms with Crippen molar-refractivity contribution in [3.63, 3.8) is 0 Å². The fraction of sp³-hybridized carbons (Fsp3) is 0.0435. The summed E-state index contributed by atoms with van der Waals surface area (Å²) in [5, 5.41) is 13.8. The first-order valence-corrected chi connectivity index (χ1v) is 13.3. The molecule has 1 heterocycles. The molecule has 0 aliphatic rings. The van der Waals surface area contributed by atoms with Crippen molar-refractivity contribution in [3.8, 4) is 11.5 Å².